The Labute approximate surface area is 81.2 Å². The summed E-state index contributed by atoms with van der Waals surface area (Å²) in [4.78, 5) is 0. The molecular weight excluding hydrogens is 230 g/mol. The summed E-state index contributed by atoms with van der Waals surface area (Å²) in [5, 5.41) is 0. The van der Waals surface area contributed by atoms with Crippen molar-refractivity contribution in [3.05, 3.63) is 0 Å². The summed E-state index contributed by atoms with van der Waals surface area (Å²) in [7, 11) is 1.53. The largest absolute Gasteiger partial charge is 0.233 e. The molecule has 0 aromatic carbocycles. The molecule has 0 fully saturated rings. The van der Waals surface area contributed by atoms with E-state index in [4.69, 9.17) is 33.9 Å². The number of hydrogen-bond donors (Lipinski definition) is 0. The standard InChI is InChI=1S/C5H9Cl3O2S/c1-5(2-6,3-7)4-11(8,9)10/h2-4H2,1H3. The maximum Gasteiger partial charge on any atom is 0.233 e. The highest BCUT2D eigenvalue weighted by atomic mass is 35.7. The maximum atomic E-state index is 10.6. The van der Waals surface area contributed by atoms with E-state index in [9.17, 15) is 8.42 Å². The highest BCUT2D eigenvalue weighted by Crippen LogP contribution is 2.23. The smallest absolute Gasteiger partial charge is 0.212 e. The highest BCUT2D eigenvalue weighted by molar-refractivity contribution is 8.13. The first-order valence-electron chi connectivity index (χ1n) is 2.87. The van der Waals surface area contributed by atoms with Crippen molar-refractivity contribution in [1.29, 1.82) is 0 Å². The fourth-order valence-corrected chi connectivity index (χ4v) is 3.05. The summed E-state index contributed by atoms with van der Waals surface area (Å²) in [6, 6.07) is 0. The minimum absolute atomic E-state index is 0.183. The molecule has 68 valence electrons. The van der Waals surface area contributed by atoms with E-state index in [0.717, 1.165) is 0 Å². The number of alkyl halides is 2. The second-order valence-corrected chi connectivity index (χ2v) is 6.07. The Morgan fingerprint density at radius 3 is 1.73 bits per heavy atom. The Bertz CT molecular complexity index is 208. The van der Waals surface area contributed by atoms with Crippen molar-refractivity contribution < 1.29 is 8.42 Å². The molecule has 0 unspecified atom stereocenters. The van der Waals surface area contributed by atoms with E-state index in [-0.39, 0.29) is 17.5 Å². The Hall–Kier alpha value is 0.820. The zero-order valence-electron chi connectivity index (χ0n) is 5.98. The van der Waals surface area contributed by atoms with Gasteiger partial charge in [-0.05, 0) is 0 Å². The molecule has 0 radical (unpaired) electrons. The third-order valence-electron chi connectivity index (χ3n) is 1.17. The first-order chi connectivity index (χ1) is 4.83. The van der Waals surface area contributed by atoms with Gasteiger partial charge in [0.1, 0.15) is 0 Å². The van der Waals surface area contributed by atoms with Crippen LogP contribution in [0.3, 0.4) is 0 Å². The number of rotatable bonds is 4. The van der Waals surface area contributed by atoms with Crippen LogP contribution in [0.15, 0.2) is 0 Å². The summed E-state index contributed by atoms with van der Waals surface area (Å²) < 4.78 is 21.2. The van der Waals surface area contributed by atoms with Gasteiger partial charge >= 0.3 is 0 Å². The van der Waals surface area contributed by atoms with Crippen molar-refractivity contribution in [2.24, 2.45) is 5.41 Å². The van der Waals surface area contributed by atoms with Gasteiger partial charge in [-0.25, -0.2) is 8.42 Å². The lowest BCUT2D eigenvalue weighted by atomic mass is 10.00. The van der Waals surface area contributed by atoms with Gasteiger partial charge in [0.2, 0.25) is 9.05 Å². The fourth-order valence-electron chi connectivity index (χ4n) is 0.529. The number of halogens is 3. The monoisotopic (exact) mass is 238 g/mol. The van der Waals surface area contributed by atoms with E-state index < -0.39 is 14.5 Å². The third-order valence-corrected chi connectivity index (χ3v) is 3.83. The molecule has 11 heavy (non-hydrogen) atoms. The van der Waals surface area contributed by atoms with Gasteiger partial charge in [0.05, 0.1) is 5.75 Å². The second kappa shape index (κ2) is 4.17. The zero-order chi connectivity index (χ0) is 9.12. The van der Waals surface area contributed by atoms with Gasteiger partial charge in [0, 0.05) is 27.9 Å². The van der Waals surface area contributed by atoms with Crippen LogP contribution in [0.5, 0.6) is 0 Å². The Kier molecular flexibility index (Phi) is 4.48. The van der Waals surface area contributed by atoms with E-state index in [1.54, 1.807) is 6.92 Å². The van der Waals surface area contributed by atoms with Gasteiger partial charge in [-0.1, -0.05) is 6.92 Å². The molecule has 0 aliphatic rings. The van der Waals surface area contributed by atoms with Crippen LogP contribution in [-0.4, -0.2) is 25.9 Å². The quantitative estimate of drug-likeness (QED) is 0.556. The van der Waals surface area contributed by atoms with Crippen LogP contribution in [0.2, 0.25) is 0 Å². The minimum Gasteiger partial charge on any atom is -0.212 e. The average Bonchev–Trinajstić information content (AvgIpc) is 1.84. The first-order valence-corrected chi connectivity index (χ1v) is 6.42. The van der Waals surface area contributed by atoms with E-state index in [2.05, 4.69) is 0 Å². The van der Waals surface area contributed by atoms with Gasteiger partial charge in [-0.2, -0.15) is 0 Å². The lowest BCUT2D eigenvalue weighted by molar-refractivity contribution is 0.479. The van der Waals surface area contributed by atoms with Crippen LogP contribution >= 0.6 is 33.9 Å². The van der Waals surface area contributed by atoms with Gasteiger partial charge in [0.25, 0.3) is 0 Å². The maximum absolute atomic E-state index is 10.6. The second-order valence-electron chi connectivity index (χ2n) is 2.76. The minimum atomic E-state index is -3.50. The fraction of sp³-hybridized carbons (Fsp3) is 1.00. The van der Waals surface area contributed by atoms with Crippen molar-refractivity contribution in [2.45, 2.75) is 6.92 Å². The molecular formula is C5H9Cl3O2S. The van der Waals surface area contributed by atoms with E-state index in [0.29, 0.717) is 0 Å². The van der Waals surface area contributed by atoms with Crippen molar-refractivity contribution in [1.82, 2.24) is 0 Å². The molecule has 0 heterocycles. The Morgan fingerprint density at radius 2 is 1.64 bits per heavy atom. The average molecular weight is 240 g/mol. The highest BCUT2D eigenvalue weighted by Gasteiger charge is 2.28. The molecule has 0 aromatic heterocycles. The first kappa shape index (κ1) is 11.8. The lowest BCUT2D eigenvalue weighted by Gasteiger charge is -2.21. The summed E-state index contributed by atoms with van der Waals surface area (Å²) in [5.41, 5.74) is -0.621. The van der Waals surface area contributed by atoms with E-state index in [1.165, 1.54) is 0 Å². The van der Waals surface area contributed by atoms with Crippen molar-refractivity contribution in [3.63, 3.8) is 0 Å². The van der Waals surface area contributed by atoms with Crippen molar-refractivity contribution in [3.8, 4) is 0 Å². The van der Waals surface area contributed by atoms with Gasteiger partial charge in [-0.15, -0.1) is 23.2 Å². The lowest BCUT2D eigenvalue weighted by Crippen LogP contribution is -2.28. The summed E-state index contributed by atoms with van der Waals surface area (Å²) in [5.74, 6) is 0.180. The van der Waals surface area contributed by atoms with Crippen LogP contribution in [0.1, 0.15) is 6.92 Å². The van der Waals surface area contributed by atoms with E-state index >= 15 is 0 Å². The van der Waals surface area contributed by atoms with Crippen LogP contribution in [0.4, 0.5) is 0 Å². The molecule has 0 amide bonds. The molecule has 2 nitrogen and oxygen atoms in total. The van der Waals surface area contributed by atoms with Crippen LogP contribution < -0.4 is 0 Å². The van der Waals surface area contributed by atoms with Crippen LogP contribution in [-0.2, 0) is 9.05 Å². The Morgan fingerprint density at radius 1 is 1.27 bits per heavy atom. The summed E-state index contributed by atoms with van der Waals surface area (Å²) in [6.45, 7) is 1.67. The SMILES string of the molecule is CC(CCl)(CCl)CS(=O)(=O)Cl. The van der Waals surface area contributed by atoms with Gasteiger partial charge in [0.15, 0.2) is 0 Å². The zero-order valence-corrected chi connectivity index (χ0v) is 9.06. The third kappa shape index (κ3) is 5.12. The Balaban J connectivity index is 4.32. The molecule has 0 aromatic rings. The molecule has 0 aliphatic carbocycles. The van der Waals surface area contributed by atoms with Crippen molar-refractivity contribution in [2.75, 3.05) is 17.5 Å². The predicted octanol–water partition coefficient (Wildman–Crippen LogP) is 2.04. The molecule has 0 atom stereocenters. The van der Waals surface area contributed by atoms with Crippen LogP contribution in [0, 0.1) is 5.41 Å². The van der Waals surface area contributed by atoms with E-state index in [1.807, 2.05) is 0 Å². The molecule has 0 spiro atoms. The summed E-state index contributed by atoms with van der Waals surface area (Å²) in [6.07, 6.45) is 0. The normalized spacial score (nSPS) is 13.5. The topological polar surface area (TPSA) is 34.1 Å². The molecule has 0 saturated carbocycles. The molecule has 0 N–H and O–H groups in total. The van der Waals surface area contributed by atoms with Gasteiger partial charge in [-0.3, -0.25) is 0 Å². The van der Waals surface area contributed by atoms with Crippen LogP contribution in [0.25, 0.3) is 0 Å². The van der Waals surface area contributed by atoms with Crippen molar-refractivity contribution >= 4 is 42.9 Å². The predicted molar refractivity (Wildman–Crippen MR) is 49.2 cm³/mol. The molecule has 0 bridgehead atoms. The molecule has 0 rings (SSSR count). The number of hydrogen-bond acceptors (Lipinski definition) is 2. The molecule has 6 heteroatoms. The summed E-state index contributed by atoms with van der Waals surface area (Å²) >= 11 is 11.0. The van der Waals surface area contributed by atoms with Gasteiger partial charge < -0.3 is 0 Å². The molecule has 0 aliphatic heterocycles. The molecule has 0 saturated heterocycles.